The third kappa shape index (κ3) is 3.21. The van der Waals surface area contributed by atoms with Gasteiger partial charge in [0.25, 0.3) is 5.91 Å². The minimum atomic E-state index is -0.556. The molecule has 0 aliphatic heterocycles. The minimum Gasteiger partial charge on any atom is -0.393 e. The van der Waals surface area contributed by atoms with Gasteiger partial charge >= 0.3 is 0 Å². The molecule has 4 rings (SSSR count). The quantitative estimate of drug-likeness (QED) is 0.659. The molecule has 7 heteroatoms. The maximum Gasteiger partial charge on any atom is 0.257 e. The monoisotopic (exact) mass is 367 g/mol. The summed E-state index contributed by atoms with van der Waals surface area (Å²) in [7, 11) is 0. The van der Waals surface area contributed by atoms with Crippen molar-refractivity contribution in [1.82, 2.24) is 15.3 Å². The standard InChI is InChI=1S/C20H18FN3O3/c21-15-5-3-4-13-18(15)23-10-14(19(13)26)20(27)24-17(11-8-12(25)9-11)16-6-1-2-7-22-16/h1-7,10-12,17,25H,8-9H2,(H,23,26)(H,24,27). The van der Waals surface area contributed by atoms with Crippen molar-refractivity contribution in [3.63, 3.8) is 0 Å². The molecule has 27 heavy (non-hydrogen) atoms. The Morgan fingerprint density at radius 1 is 1.26 bits per heavy atom. The first-order valence-electron chi connectivity index (χ1n) is 8.74. The first kappa shape index (κ1) is 17.4. The summed E-state index contributed by atoms with van der Waals surface area (Å²) in [5.41, 5.74) is 0.122. The van der Waals surface area contributed by atoms with Crippen LogP contribution in [0.2, 0.25) is 0 Å². The van der Waals surface area contributed by atoms with Gasteiger partial charge in [-0.25, -0.2) is 4.39 Å². The zero-order valence-corrected chi connectivity index (χ0v) is 14.4. The van der Waals surface area contributed by atoms with E-state index >= 15 is 0 Å². The van der Waals surface area contributed by atoms with Crippen molar-refractivity contribution in [2.45, 2.75) is 25.0 Å². The SMILES string of the molecule is O=C(NC(c1ccccn1)C1CC(O)C1)c1c[nH]c2c(F)cccc2c1=O. The fourth-order valence-corrected chi connectivity index (χ4v) is 3.50. The normalized spacial score (nSPS) is 20.1. The zero-order valence-electron chi connectivity index (χ0n) is 14.4. The third-order valence-electron chi connectivity index (χ3n) is 5.02. The molecule has 1 aromatic carbocycles. The maximum absolute atomic E-state index is 13.8. The number of pyridine rings is 2. The number of aliphatic hydroxyl groups is 1. The molecule has 0 radical (unpaired) electrons. The summed E-state index contributed by atoms with van der Waals surface area (Å²) in [6.45, 7) is 0. The number of hydrogen-bond acceptors (Lipinski definition) is 4. The molecule has 0 saturated heterocycles. The van der Waals surface area contributed by atoms with Crippen LogP contribution in [0.4, 0.5) is 4.39 Å². The largest absolute Gasteiger partial charge is 0.393 e. The Bertz CT molecular complexity index is 1050. The first-order valence-corrected chi connectivity index (χ1v) is 8.74. The van der Waals surface area contributed by atoms with Crippen LogP contribution >= 0.6 is 0 Å². The highest BCUT2D eigenvalue weighted by Gasteiger charge is 2.36. The molecule has 1 unspecified atom stereocenters. The second kappa shape index (κ2) is 6.92. The number of rotatable bonds is 4. The van der Waals surface area contributed by atoms with Crippen LogP contribution < -0.4 is 10.7 Å². The second-order valence-corrected chi connectivity index (χ2v) is 6.78. The summed E-state index contributed by atoms with van der Waals surface area (Å²) < 4.78 is 13.8. The number of carbonyl (C=O) groups excluding carboxylic acids is 1. The zero-order chi connectivity index (χ0) is 19.0. The number of aromatic amines is 1. The molecule has 138 valence electrons. The van der Waals surface area contributed by atoms with E-state index in [0.29, 0.717) is 18.5 Å². The van der Waals surface area contributed by atoms with Crippen LogP contribution in [0.3, 0.4) is 0 Å². The van der Waals surface area contributed by atoms with Gasteiger partial charge in [0.1, 0.15) is 11.4 Å². The number of hydrogen-bond donors (Lipinski definition) is 3. The molecule has 0 spiro atoms. The molecular weight excluding hydrogens is 349 g/mol. The lowest BCUT2D eigenvalue weighted by atomic mass is 9.76. The Labute approximate surface area is 154 Å². The van der Waals surface area contributed by atoms with Crippen molar-refractivity contribution in [2.24, 2.45) is 5.92 Å². The highest BCUT2D eigenvalue weighted by Crippen LogP contribution is 2.37. The van der Waals surface area contributed by atoms with Crippen molar-refractivity contribution >= 4 is 16.8 Å². The van der Waals surface area contributed by atoms with Gasteiger partial charge in [0, 0.05) is 17.8 Å². The molecule has 6 nitrogen and oxygen atoms in total. The fraction of sp³-hybridized carbons (Fsp3) is 0.250. The van der Waals surface area contributed by atoms with Crippen LogP contribution in [0.15, 0.2) is 53.6 Å². The maximum atomic E-state index is 13.8. The summed E-state index contributed by atoms with van der Waals surface area (Å²) in [5, 5.41) is 12.6. The van der Waals surface area contributed by atoms with Gasteiger partial charge < -0.3 is 15.4 Å². The van der Waals surface area contributed by atoms with Gasteiger partial charge in [0.15, 0.2) is 0 Å². The minimum absolute atomic E-state index is 0.0378. The van der Waals surface area contributed by atoms with Crippen molar-refractivity contribution < 1.29 is 14.3 Å². The second-order valence-electron chi connectivity index (χ2n) is 6.78. The number of para-hydroxylation sites is 1. The Kier molecular flexibility index (Phi) is 4.45. The molecule has 0 bridgehead atoms. The van der Waals surface area contributed by atoms with E-state index < -0.39 is 23.2 Å². The molecule has 2 heterocycles. The lowest BCUT2D eigenvalue weighted by Crippen LogP contribution is -2.42. The summed E-state index contributed by atoms with van der Waals surface area (Å²) in [5.74, 6) is -1.07. The number of nitrogens with one attached hydrogen (secondary N) is 2. The van der Waals surface area contributed by atoms with E-state index in [4.69, 9.17) is 0 Å². The number of H-pyrrole nitrogens is 1. The van der Waals surface area contributed by atoms with Gasteiger partial charge in [-0.15, -0.1) is 0 Å². The number of benzene rings is 1. The van der Waals surface area contributed by atoms with Gasteiger partial charge in [-0.1, -0.05) is 12.1 Å². The molecule has 1 saturated carbocycles. The topological polar surface area (TPSA) is 95.1 Å². The lowest BCUT2D eigenvalue weighted by molar-refractivity contribution is 0.0228. The van der Waals surface area contributed by atoms with E-state index in [1.165, 1.54) is 24.4 Å². The van der Waals surface area contributed by atoms with E-state index in [0.717, 1.165) is 0 Å². The number of carbonyl (C=O) groups is 1. The molecule has 2 aromatic heterocycles. The molecule has 1 aliphatic carbocycles. The van der Waals surface area contributed by atoms with Gasteiger partial charge in [0.2, 0.25) is 5.43 Å². The van der Waals surface area contributed by atoms with Crippen molar-refractivity contribution in [3.05, 3.63) is 76.1 Å². The van der Waals surface area contributed by atoms with Gasteiger partial charge in [-0.05, 0) is 43.0 Å². The highest BCUT2D eigenvalue weighted by atomic mass is 19.1. The lowest BCUT2D eigenvalue weighted by Gasteiger charge is -2.37. The fourth-order valence-electron chi connectivity index (χ4n) is 3.50. The van der Waals surface area contributed by atoms with E-state index in [1.54, 1.807) is 18.3 Å². The van der Waals surface area contributed by atoms with Crippen LogP contribution in [0.5, 0.6) is 0 Å². The highest BCUT2D eigenvalue weighted by molar-refractivity contribution is 5.97. The molecule has 1 aliphatic rings. The Morgan fingerprint density at radius 2 is 2.07 bits per heavy atom. The first-order chi connectivity index (χ1) is 13.0. The molecule has 3 aromatic rings. The summed E-state index contributed by atoms with van der Waals surface area (Å²) >= 11 is 0. The molecule has 1 amide bonds. The van der Waals surface area contributed by atoms with E-state index in [1.807, 2.05) is 6.07 Å². The number of aromatic nitrogens is 2. The van der Waals surface area contributed by atoms with Crippen LogP contribution in [-0.2, 0) is 0 Å². The number of amides is 1. The summed E-state index contributed by atoms with van der Waals surface area (Å²) in [6, 6.07) is 9.15. The number of halogens is 1. The van der Waals surface area contributed by atoms with E-state index in [-0.39, 0.29) is 28.5 Å². The average molecular weight is 367 g/mol. The Morgan fingerprint density at radius 3 is 2.78 bits per heavy atom. The van der Waals surface area contributed by atoms with E-state index in [9.17, 15) is 19.1 Å². The summed E-state index contributed by atoms with van der Waals surface area (Å²) in [4.78, 5) is 32.4. The van der Waals surface area contributed by atoms with Crippen LogP contribution in [0.25, 0.3) is 10.9 Å². The molecule has 1 fully saturated rings. The van der Waals surface area contributed by atoms with Gasteiger partial charge in [-0.2, -0.15) is 0 Å². The number of fused-ring (bicyclic) bond motifs is 1. The predicted molar refractivity (Wildman–Crippen MR) is 97.7 cm³/mol. The van der Waals surface area contributed by atoms with E-state index in [2.05, 4.69) is 15.3 Å². The Hall–Kier alpha value is -3.06. The molecule has 1 atom stereocenters. The summed E-state index contributed by atoms with van der Waals surface area (Å²) in [6.07, 6.45) is 3.59. The smallest absolute Gasteiger partial charge is 0.257 e. The Balaban J connectivity index is 1.66. The molecule has 3 N–H and O–H groups in total. The van der Waals surface area contributed by atoms with Gasteiger partial charge in [-0.3, -0.25) is 14.6 Å². The third-order valence-corrected chi connectivity index (χ3v) is 5.02. The number of nitrogens with zero attached hydrogens (tertiary/aromatic N) is 1. The number of aliphatic hydroxyl groups excluding tert-OH is 1. The predicted octanol–water partition coefficient (Wildman–Crippen LogP) is 2.30. The van der Waals surface area contributed by atoms with Crippen molar-refractivity contribution in [1.29, 1.82) is 0 Å². The van der Waals surface area contributed by atoms with Gasteiger partial charge in [0.05, 0.1) is 23.4 Å². The average Bonchev–Trinajstić information content (AvgIpc) is 2.65. The molecular formula is C20H18FN3O3. The van der Waals surface area contributed by atoms with Crippen molar-refractivity contribution in [3.8, 4) is 0 Å². The van der Waals surface area contributed by atoms with Crippen molar-refractivity contribution in [2.75, 3.05) is 0 Å². The van der Waals surface area contributed by atoms with Crippen LogP contribution in [0.1, 0.15) is 34.9 Å². The van der Waals surface area contributed by atoms with Crippen LogP contribution in [-0.4, -0.2) is 27.1 Å². The van der Waals surface area contributed by atoms with Crippen LogP contribution in [0, 0.1) is 11.7 Å².